The van der Waals surface area contributed by atoms with Crippen molar-refractivity contribution in [1.82, 2.24) is 10.2 Å². The maximum absolute atomic E-state index is 11.9. The predicted octanol–water partition coefficient (Wildman–Crippen LogP) is -0.131. The van der Waals surface area contributed by atoms with Crippen LogP contribution < -0.4 is 11.1 Å². The number of oxime groups is 1. The van der Waals surface area contributed by atoms with Crippen LogP contribution in [0, 0.1) is 5.92 Å². The highest BCUT2D eigenvalue weighted by Gasteiger charge is 2.23. The topological polar surface area (TPSA) is 126 Å². The zero-order chi connectivity index (χ0) is 13.0. The third-order valence-corrected chi connectivity index (χ3v) is 2.80. The molecule has 98 valence electrons. The van der Waals surface area contributed by atoms with Gasteiger partial charge in [-0.15, -0.1) is 0 Å². The van der Waals surface area contributed by atoms with Crippen molar-refractivity contribution < 1.29 is 14.7 Å². The van der Waals surface area contributed by atoms with Crippen molar-refractivity contribution in [1.29, 1.82) is 0 Å². The van der Waals surface area contributed by atoms with Crippen molar-refractivity contribution in [2.24, 2.45) is 16.8 Å². The van der Waals surface area contributed by atoms with Crippen LogP contribution in [-0.4, -0.2) is 40.4 Å². The van der Waals surface area contributed by atoms with Gasteiger partial charge in [0.15, 0.2) is 5.84 Å². The quantitative estimate of drug-likeness (QED) is 0.258. The average Bonchev–Trinajstić information content (AvgIpc) is 2.87. The van der Waals surface area contributed by atoms with Crippen molar-refractivity contribution in [3.05, 3.63) is 11.8 Å². The maximum atomic E-state index is 11.9. The standard InChI is InChI=1S/C10H15N5O3/c11-8(15-17)7-4-12-14-9(7)13-10(16)6-2-1-3-18-5-6/h4,6,17H,1-3,5H2,(H2,11,15)(H2,12,13,14,16). The van der Waals surface area contributed by atoms with Crippen molar-refractivity contribution >= 4 is 17.6 Å². The Balaban J connectivity index is 2.05. The van der Waals surface area contributed by atoms with Crippen LogP contribution >= 0.6 is 0 Å². The molecule has 1 aromatic rings. The summed E-state index contributed by atoms with van der Waals surface area (Å²) in [6.45, 7) is 1.11. The van der Waals surface area contributed by atoms with Crippen molar-refractivity contribution in [2.75, 3.05) is 18.5 Å². The zero-order valence-electron chi connectivity index (χ0n) is 9.72. The first kappa shape index (κ1) is 12.4. The lowest BCUT2D eigenvalue weighted by atomic mass is 10.0. The van der Waals surface area contributed by atoms with Gasteiger partial charge >= 0.3 is 0 Å². The highest BCUT2D eigenvalue weighted by atomic mass is 16.5. The van der Waals surface area contributed by atoms with E-state index in [9.17, 15) is 4.79 Å². The summed E-state index contributed by atoms with van der Waals surface area (Å²) in [6, 6.07) is 0. The summed E-state index contributed by atoms with van der Waals surface area (Å²) in [7, 11) is 0. The van der Waals surface area contributed by atoms with E-state index in [1.165, 1.54) is 6.20 Å². The second-order valence-corrected chi connectivity index (χ2v) is 4.05. The number of hydrogen-bond acceptors (Lipinski definition) is 5. The molecule has 0 bridgehead atoms. The number of hydrogen-bond donors (Lipinski definition) is 4. The number of H-pyrrole nitrogens is 1. The van der Waals surface area contributed by atoms with Crippen LogP contribution in [-0.2, 0) is 9.53 Å². The Morgan fingerprint density at radius 3 is 3.22 bits per heavy atom. The number of ether oxygens (including phenoxy) is 1. The van der Waals surface area contributed by atoms with Gasteiger partial charge in [0.2, 0.25) is 5.91 Å². The van der Waals surface area contributed by atoms with E-state index in [4.69, 9.17) is 15.7 Å². The number of amides is 1. The smallest absolute Gasteiger partial charge is 0.230 e. The Labute approximate surface area is 103 Å². The molecule has 18 heavy (non-hydrogen) atoms. The van der Waals surface area contributed by atoms with Gasteiger partial charge in [-0.2, -0.15) is 5.10 Å². The van der Waals surface area contributed by atoms with Crippen LogP contribution in [0.15, 0.2) is 11.4 Å². The fourth-order valence-corrected chi connectivity index (χ4v) is 1.80. The highest BCUT2D eigenvalue weighted by molar-refractivity contribution is 6.04. The molecule has 1 amide bonds. The Kier molecular flexibility index (Phi) is 3.78. The molecule has 1 unspecified atom stereocenters. The molecule has 0 aromatic carbocycles. The second kappa shape index (κ2) is 5.50. The lowest BCUT2D eigenvalue weighted by molar-refractivity contribution is -0.123. The van der Waals surface area contributed by atoms with E-state index in [0.29, 0.717) is 24.6 Å². The molecule has 8 heteroatoms. The molecule has 0 aliphatic carbocycles. The average molecular weight is 253 g/mol. The van der Waals surface area contributed by atoms with E-state index in [0.717, 1.165) is 12.8 Å². The van der Waals surface area contributed by atoms with E-state index < -0.39 is 0 Å². The van der Waals surface area contributed by atoms with Gasteiger partial charge in [-0.3, -0.25) is 9.89 Å². The van der Waals surface area contributed by atoms with Gasteiger partial charge in [0.25, 0.3) is 0 Å². The van der Waals surface area contributed by atoms with Crippen LogP contribution in [0.3, 0.4) is 0 Å². The van der Waals surface area contributed by atoms with Gasteiger partial charge < -0.3 is 21.0 Å². The number of carbonyl (C=O) groups is 1. The van der Waals surface area contributed by atoms with Crippen molar-refractivity contribution in [2.45, 2.75) is 12.8 Å². The molecule has 1 fully saturated rings. The molecule has 1 aliphatic heterocycles. The lowest BCUT2D eigenvalue weighted by Gasteiger charge is -2.20. The summed E-state index contributed by atoms with van der Waals surface area (Å²) >= 11 is 0. The molecule has 0 saturated carbocycles. The molecule has 0 radical (unpaired) electrons. The minimum atomic E-state index is -0.179. The SMILES string of the molecule is N/C(=N\O)c1cn[nH]c1NC(=O)C1CCCOC1. The lowest BCUT2D eigenvalue weighted by Crippen LogP contribution is -2.31. The van der Waals surface area contributed by atoms with Crippen LogP contribution in [0.4, 0.5) is 5.82 Å². The number of nitrogens with one attached hydrogen (secondary N) is 2. The van der Waals surface area contributed by atoms with Gasteiger partial charge in [-0.1, -0.05) is 5.16 Å². The van der Waals surface area contributed by atoms with Gasteiger partial charge in [-0.25, -0.2) is 0 Å². The van der Waals surface area contributed by atoms with E-state index in [-0.39, 0.29) is 17.7 Å². The summed E-state index contributed by atoms with van der Waals surface area (Å²) < 4.78 is 5.25. The van der Waals surface area contributed by atoms with E-state index >= 15 is 0 Å². The number of rotatable bonds is 3. The molecular formula is C10H15N5O3. The van der Waals surface area contributed by atoms with E-state index in [2.05, 4.69) is 20.7 Å². The Morgan fingerprint density at radius 2 is 2.56 bits per heavy atom. The van der Waals surface area contributed by atoms with Crippen molar-refractivity contribution in [3.8, 4) is 0 Å². The van der Waals surface area contributed by atoms with Crippen LogP contribution in [0.2, 0.25) is 0 Å². The molecule has 8 nitrogen and oxygen atoms in total. The molecule has 1 aromatic heterocycles. The zero-order valence-corrected chi connectivity index (χ0v) is 9.72. The number of aromatic amines is 1. The molecule has 2 rings (SSSR count). The minimum Gasteiger partial charge on any atom is -0.409 e. The molecule has 2 heterocycles. The number of nitrogens with zero attached hydrogens (tertiary/aromatic N) is 2. The fourth-order valence-electron chi connectivity index (χ4n) is 1.80. The summed E-state index contributed by atoms with van der Waals surface area (Å²) in [5.41, 5.74) is 5.81. The van der Waals surface area contributed by atoms with Crippen LogP contribution in [0.25, 0.3) is 0 Å². The van der Waals surface area contributed by atoms with Crippen LogP contribution in [0.1, 0.15) is 18.4 Å². The third-order valence-electron chi connectivity index (χ3n) is 2.80. The van der Waals surface area contributed by atoms with Gasteiger partial charge in [0.05, 0.1) is 24.3 Å². The Bertz CT molecular complexity index is 450. The number of nitrogens with two attached hydrogens (primary N) is 1. The first-order valence-corrected chi connectivity index (χ1v) is 5.62. The van der Waals surface area contributed by atoms with Gasteiger partial charge in [-0.05, 0) is 12.8 Å². The van der Waals surface area contributed by atoms with Crippen LogP contribution in [0.5, 0.6) is 0 Å². The molecular weight excluding hydrogens is 238 g/mol. The van der Waals surface area contributed by atoms with Crippen molar-refractivity contribution in [3.63, 3.8) is 0 Å². The number of amidine groups is 1. The number of carbonyl (C=O) groups excluding carboxylic acids is 1. The number of anilines is 1. The molecule has 1 saturated heterocycles. The summed E-state index contributed by atoms with van der Waals surface area (Å²) in [6.07, 6.45) is 3.04. The normalized spacial score (nSPS) is 20.7. The summed E-state index contributed by atoms with van der Waals surface area (Å²) in [4.78, 5) is 11.9. The predicted molar refractivity (Wildman–Crippen MR) is 63.3 cm³/mol. The Morgan fingerprint density at radius 1 is 1.72 bits per heavy atom. The summed E-state index contributed by atoms with van der Waals surface area (Å²) in [5, 5.41) is 20.5. The third kappa shape index (κ3) is 2.59. The Hall–Kier alpha value is -2.09. The monoisotopic (exact) mass is 253 g/mol. The second-order valence-electron chi connectivity index (χ2n) is 4.05. The fraction of sp³-hybridized carbons (Fsp3) is 0.500. The minimum absolute atomic E-state index is 0.112. The first-order chi connectivity index (χ1) is 8.72. The van der Waals surface area contributed by atoms with Gasteiger partial charge in [0, 0.05) is 6.61 Å². The number of aromatic nitrogens is 2. The molecule has 1 aliphatic rings. The van der Waals surface area contributed by atoms with E-state index in [1.54, 1.807) is 0 Å². The highest BCUT2D eigenvalue weighted by Crippen LogP contribution is 2.17. The summed E-state index contributed by atoms with van der Waals surface area (Å²) in [5.74, 6) is -0.132. The van der Waals surface area contributed by atoms with Gasteiger partial charge in [0.1, 0.15) is 5.82 Å². The first-order valence-electron chi connectivity index (χ1n) is 5.62. The van der Waals surface area contributed by atoms with E-state index in [1.807, 2.05) is 0 Å². The molecule has 1 atom stereocenters. The maximum Gasteiger partial charge on any atom is 0.230 e. The molecule has 5 N–H and O–H groups in total. The molecule has 0 spiro atoms. The largest absolute Gasteiger partial charge is 0.409 e.